The number of ether oxygens (including phenoxy) is 3. The van der Waals surface area contributed by atoms with Crippen molar-refractivity contribution in [2.75, 3.05) is 61.9 Å². The van der Waals surface area contributed by atoms with Crippen LogP contribution in [0.4, 0.5) is 5.69 Å². The number of sulfonamides is 1. The fourth-order valence-electron chi connectivity index (χ4n) is 4.60. The molecule has 52 heavy (non-hydrogen) atoms. The lowest BCUT2D eigenvalue weighted by molar-refractivity contribution is -0.121. The Hall–Kier alpha value is -4.05. The number of halogens is 2. The molecule has 0 aliphatic carbocycles. The monoisotopic (exact) mass is 864 g/mol. The van der Waals surface area contributed by atoms with E-state index in [2.05, 4.69) is 67.2 Å². The minimum atomic E-state index is -3.96. The van der Waals surface area contributed by atoms with E-state index in [0.717, 1.165) is 5.56 Å². The zero-order valence-corrected chi connectivity index (χ0v) is 32.5. The molecule has 0 spiro atoms. The number of fused-ring (bicyclic) bond motifs is 1. The van der Waals surface area contributed by atoms with Gasteiger partial charge >= 0.3 is 0 Å². The molecule has 0 bridgehead atoms. The van der Waals surface area contributed by atoms with Crippen LogP contribution in [-0.4, -0.2) is 94.6 Å². The van der Waals surface area contributed by atoms with Crippen molar-refractivity contribution < 1.29 is 32.2 Å². The van der Waals surface area contributed by atoms with Crippen LogP contribution in [0.1, 0.15) is 27.9 Å². The average molecular weight is 865 g/mol. The van der Waals surface area contributed by atoms with Gasteiger partial charge in [-0.25, -0.2) is 8.42 Å². The molecule has 1 heterocycles. The van der Waals surface area contributed by atoms with Crippen LogP contribution in [0.15, 0.2) is 88.4 Å². The molecule has 3 rings (SSSR count). The number of aromatic nitrogens is 1. The molecular formula is C36H42ClIN6O7S. The number of nitrogens with zero attached hydrogens (tertiary/aromatic N) is 2. The van der Waals surface area contributed by atoms with E-state index in [0.29, 0.717) is 82.3 Å². The first-order valence-electron chi connectivity index (χ1n) is 16.2. The number of benzene rings is 2. The van der Waals surface area contributed by atoms with E-state index in [1.807, 2.05) is 6.92 Å². The van der Waals surface area contributed by atoms with Gasteiger partial charge in [0.05, 0.1) is 67.3 Å². The normalized spacial score (nSPS) is 12.2. The number of rotatable bonds is 23. The standard InChI is InChI=1S/C36H42ClIN6O7S/c1-25(4-6-27(3)37)23-42-30(21-38)20-33(45)40-12-14-49-16-18-51-19-17-50-15-13-41-36(46)28-7-9-31(10-8-28)52(47,48)44-32-11-5-26(2)34-29(22-39)24-43-35(32)34/h4-11,23-24,30,43-44H,1,3,12-21H2,2H3,(H,40,45)(H,41,46)/b6-4-,42-23+/t30-/m0/s1. The van der Waals surface area contributed by atoms with Crippen molar-refractivity contribution in [2.24, 2.45) is 4.99 Å². The van der Waals surface area contributed by atoms with Crippen LogP contribution in [0.3, 0.4) is 0 Å². The number of H-pyrrole nitrogens is 1. The first kappa shape index (κ1) is 42.4. The molecule has 0 saturated carbocycles. The summed E-state index contributed by atoms with van der Waals surface area (Å²) in [5.74, 6) is -0.488. The molecule has 0 saturated heterocycles. The van der Waals surface area contributed by atoms with Crippen molar-refractivity contribution in [1.82, 2.24) is 15.6 Å². The third kappa shape index (κ3) is 14.2. The zero-order valence-electron chi connectivity index (χ0n) is 28.8. The summed E-state index contributed by atoms with van der Waals surface area (Å²) in [5.41, 5.74) is 3.05. The van der Waals surface area contributed by atoms with E-state index >= 15 is 0 Å². The zero-order chi connectivity index (χ0) is 37.9. The predicted octanol–water partition coefficient (Wildman–Crippen LogP) is 5.17. The number of anilines is 1. The minimum absolute atomic E-state index is 0.0179. The second-order valence-corrected chi connectivity index (χ2v) is 14.3. The lowest BCUT2D eigenvalue weighted by Gasteiger charge is -2.11. The second kappa shape index (κ2) is 22.1. The van der Waals surface area contributed by atoms with E-state index in [1.54, 1.807) is 30.5 Å². The van der Waals surface area contributed by atoms with Crippen LogP contribution in [0, 0.1) is 18.3 Å². The van der Waals surface area contributed by atoms with Crippen molar-refractivity contribution in [3.05, 3.63) is 95.2 Å². The number of nitriles is 1. The van der Waals surface area contributed by atoms with E-state index < -0.39 is 10.0 Å². The number of carbonyl (C=O) groups is 2. The molecule has 4 N–H and O–H groups in total. The highest BCUT2D eigenvalue weighted by atomic mass is 127. The van der Waals surface area contributed by atoms with Gasteiger partial charge in [0.1, 0.15) is 6.07 Å². The molecule has 0 aliphatic heterocycles. The molecule has 3 aromatic rings. The van der Waals surface area contributed by atoms with Gasteiger partial charge in [-0.3, -0.25) is 19.3 Å². The Balaban J connectivity index is 1.23. The number of hydrogen-bond acceptors (Lipinski definition) is 9. The van der Waals surface area contributed by atoms with Crippen molar-refractivity contribution in [3.63, 3.8) is 0 Å². The predicted molar refractivity (Wildman–Crippen MR) is 212 cm³/mol. The maximum absolute atomic E-state index is 13.1. The fourth-order valence-corrected chi connectivity index (χ4v) is 6.27. The molecule has 1 aromatic heterocycles. The first-order chi connectivity index (χ1) is 24.9. The molecule has 0 unspecified atom stereocenters. The summed E-state index contributed by atoms with van der Waals surface area (Å²) in [7, 11) is -3.96. The van der Waals surface area contributed by atoms with Crippen LogP contribution in [-0.2, 0) is 29.0 Å². The molecule has 1 atom stereocenters. The maximum atomic E-state index is 13.1. The van der Waals surface area contributed by atoms with Crippen molar-refractivity contribution in [3.8, 4) is 6.07 Å². The highest BCUT2D eigenvalue weighted by molar-refractivity contribution is 14.1. The smallest absolute Gasteiger partial charge is 0.261 e. The number of allylic oxidation sites excluding steroid dienone is 4. The topological polar surface area (TPSA) is 184 Å². The third-order valence-corrected chi connectivity index (χ3v) is 9.73. The minimum Gasteiger partial charge on any atom is -0.377 e. The largest absolute Gasteiger partial charge is 0.377 e. The summed E-state index contributed by atoms with van der Waals surface area (Å²) in [4.78, 5) is 32.1. The molecule has 16 heteroatoms. The Kier molecular flexibility index (Phi) is 18.0. The first-order valence-corrected chi connectivity index (χ1v) is 19.6. The number of aryl methyl sites for hydroxylation is 1. The Morgan fingerprint density at radius 1 is 1.00 bits per heavy atom. The number of amides is 2. The molecule has 278 valence electrons. The van der Waals surface area contributed by atoms with E-state index in [-0.39, 0.29) is 42.3 Å². The molecular weight excluding hydrogens is 823 g/mol. The van der Waals surface area contributed by atoms with E-state index in [4.69, 9.17) is 25.8 Å². The van der Waals surface area contributed by atoms with Crippen molar-refractivity contribution in [1.29, 1.82) is 5.26 Å². The molecule has 2 aromatic carbocycles. The summed E-state index contributed by atoms with van der Waals surface area (Å²) in [6.07, 6.45) is 6.73. The van der Waals surface area contributed by atoms with Crippen LogP contribution in [0.5, 0.6) is 0 Å². The van der Waals surface area contributed by atoms with Crippen molar-refractivity contribution >= 4 is 78.8 Å². The maximum Gasteiger partial charge on any atom is 0.261 e. The molecule has 0 fully saturated rings. The highest BCUT2D eigenvalue weighted by Gasteiger charge is 2.19. The molecule has 0 aliphatic rings. The number of alkyl halides is 1. The Bertz CT molecular complexity index is 1910. The lowest BCUT2D eigenvalue weighted by atomic mass is 10.1. The van der Waals surface area contributed by atoms with Gasteiger partial charge in [-0.05, 0) is 54.5 Å². The Labute approximate surface area is 322 Å². The van der Waals surface area contributed by atoms with E-state index in [1.165, 1.54) is 30.5 Å². The fraction of sp³-hybridized carbons (Fsp3) is 0.333. The van der Waals surface area contributed by atoms with Gasteiger partial charge in [-0.1, -0.05) is 59.5 Å². The highest BCUT2D eigenvalue weighted by Crippen LogP contribution is 2.30. The van der Waals surface area contributed by atoms with Crippen LogP contribution < -0.4 is 15.4 Å². The lowest BCUT2D eigenvalue weighted by Crippen LogP contribution is -2.30. The van der Waals surface area contributed by atoms with E-state index in [9.17, 15) is 23.3 Å². The number of carbonyl (C=O) groups excluding carboxylic acids is 2. The average Bonchev–Trinajstić information content (AvgIpc) is 3.58. The Morgan fingerprint density at radius 2 is 1.63 bits per heavy atom. The summed E-state index contributed by atoms with van der Waals surface area (Å²) >= 11 is 7.88. The van der Waals surface area contributed by atoms with Gasteiger partial charge < -0.3 is 29.8 Å². The SMILES string of the molecule is C=C(Cl)/C=C\C(=C)/C=N/[C@H](CI)CC(=O)NCCOCCOCCOCCNC(=O)c1ccc(S(=O)(=O)Nc2ccc(C)c3c(C#N)c[nH]c23)cc1. The van der Waals surface area contributed by atoms with Gasteiger partial charge in [0, 0.05) is 52.3 Å². The van der Waals surface area contributed by atoms with Crippen LogP contribution >= 0.6 is 34.2 Å². The summed E-state index contributed by atoms with van der Waals surface area (Å²) in [5, 5.41) is 16.0. The summed E-state index contributed by atoms with van der Waals surface area (Å²) in [6.45, 7) is 11.9. The van der Waals surface area contributed by atoms with Gasteiger partial charge in [0.15, 0.2) is 0 Å². The second-order valence-electron chi connectivity index (χ2n) is 11.2. The van der Waals surface area contributed by atoms with Gasteiger partial charge in [0.25, 0.3) is 15.9 Å². The molecule has 2 amide bonds. The van der Waals surface area contributed by atoms with Crippen LogP contribution in [0.2, 0.25) is 0 Å². The third-order valence-electron chi connectivity index (χ3n) is 7.21. The van der Waals surface area contributed by atoms with Gasteiger partial charge in [-0.2, -0.15) is 5.26 Å². The summed E-state index contributed by atoms with van der Waals surface area (Å²) in [6, 6.07) is 10.9. The number of aliphatic imine (C=N–C) groups is 1. The quantitative estimate of drug-likeness (QED) is 0.0331. The van der Waals surface area contributed by atoms with Gasteiger partial charge in [-0.15, -0.1) is 0 Å². The number of hydrogen-bond donors (Lipinski definition) is 4. The summed E-state index contributed by atoms with van der Waals surface area (Å²) < 4.78 is 45.8. The van der Waals surface area contributed by atoms with Crippen LogP contribution in [0.25, 0.3) is 10.9 Å². The number of aromatic amines is 1. The van der Waals surface area contributed by atoms with Gasteiger partial charge in [0.2, 0.25) is 5.91 Å². The number of nitrogens with one attached hydrogen (secondary N) is 4. The Morgan fingerprint density at radius 3 is 2.25 bits per heavy atom. The molecule has 13 nitrogen and oxygen atoms in total. The molecule has 0 radical (unpaired) electrons. The van der Waals surface area contributed by atoms with Crippen molar-refractivity contribution in [2.45, 2.75) is 24.3 Å².